The van der Waals surface area contributed by atoms with Crippen LogP contribution in [-0.4, -0.2) is 9.55 Å². The fourth-order valence-corrected chi connectivity index (χ4v) is 2.58. The number of aryl methyl sites for hydroxylation is 2. The zero-order valence-electron chi connectivity index (χ0n) is 14.2. The first kappa shape index (κ1) is 18.1. The van der Waals surface area contributed by atoms with Crippen LogP contribution in [0.15, 0.2) is 41.2 Å². The van der Waals surface area contributed by atoms with Crippen LogP contribution in [0.4, 0.5) is 4.39 Å². The van der Waals surface area contributed by atoms with Crippen LogP contribution >= 0.6 is 11.6 Å². The van der Waals surface area contributed by atoms with Gasteiger partial charge in [-0.2, -0.15) is 0 Å². The molecule has 2 aromatic carbocycles. The monoisotopic (exact) mass is 346 g/mol. The number of hydrogen-bond donors (Lipinski definition) is 0. The summed E-state index contributed by atoms with van der Waals surface area (Å²) in [4.78, 5) is 17.3. The maximum Gasteiger partial charge on any atom is 0.265 e. The number of hydrogen-bond acceptors (Lipinski definition) is 2. The molecular weight excluding hydrogens is 327 g/mol. The molecule has 0 radical (unpaired) electrons. The lowest BCUT2D eigenvalue weighted by atomic mass is 10.1. The zero-order chi connectivity index (χ0) is 17.9. The van der Waals surface area contributed by atoms with Crippen LogP contribution in [-0.2, 0) is 6.42 Å². The molecule has 126 valence electrons. The first-order chi connectivity index (χ1) is 11.5. The second-order valence-electron chi connectivity index (χ2n) is 5.12. The first-order valence-electron chi connectivity index (χ1n) is 7.99. The third kappa shape index (κ3) is 3.34. The predicted octanol–water partition coefficient (Wildman–Crippen LogP) is 5.08. The second-order valence-corrected chi connectivity index (χ2v) is 5.55. The normalized spacial score (nSPS) is 10.4. The highest BCUT2D eigenvalue weighted by molar-refractivity contribution is 6.30. The van der Waals surface area contributed by atoms with Gasteiger partial charge in [-0.3, -0.25) is 9.36 Å². The van der Waals surface area contributed by atoms with Gasteiger partial charge in [-0.15, -0.1) is 0 Å². The van der Waals surface area contributed by atoms with Gasteiger partial charge in [0.2, 0.25) is 0 Å². The Hall–Kier alpha value is -2.20. The smallest absolute Gasteiger partial charge is 0.265 e. The van der Waals surface area contributed by atoms with E-state index >= 15 is 0 Å². The summed E-state index contributed by atoms with van der Waals surface area (Å²) >= 11 is 5.90. The van der Waals surface area contributed by atoms with E-state index in [-0.39, 0.29) is 11.4 Å². The molecule has 0 spiro atoms. The minimum atomic E-state index is -0.356. The topological polar surface area (TPSA) is 34.9 Å². The van der Waals surface area contributed by atoms with Crippen LogP contribution in [0.25, 0.3) is 16.6 Å². The molecule has 0 aliphatic carbocycles. The number of rotatable bonds is 2. The van der Waals surface area contributed by atoms with E-state index in [2.05, 4.69) is 4.98 Å². The van der Waals surface area contributed by atoms with E-state index in [9.17, 15) is 9.18 Å². The van der Waals surface area contributed by atoms with E-state index in [1.807, 2.05) is 20.8 Å². The van der Waals surface area contributed by atoms with Crippen LogP contribution in [0.3, 0.4) is 0 Å². The summed E-state index contributed by atoms with van der Waals surface area (Å²) in [5.41, 5.74) is 1.31. The fourth-order valence-electron chi connectivity index (χ4n) is 2.46. The average molecular weight is 347 g/mol. The van der Waals surface area contributed by atoms with Crippen molar-refractivity contribution in [1.82, 2.24) is 9.55 Å². The molecule has 0 N–H and O–H groups in total. The molecule has 5 heteroatoms. The molecule has 0 aliphatic heterocycles. The Bertz CT molecular complexity index is 917. The summed E-state index contributed by atoms with van der Waals surface area (Å²) < 4.78 is 15.3. The molecule has 0 saturated heterocycles. The van der Waals surface area contributed by atoms with E-state index in [0.29, 0.717) is 39.4 Å². The maximum atomic E-state index is 13.7. The zero-order valence-corrected chi connectivity index (χ0v) is 15.0. The van der Waals surface area contributed by atoms with Crippen molar-refractivity contribution in [3.63, 3.8) is 0 Å². The minimum Gasteiger partial charge on any atom is -0.268 e. The highest BCUT2D eigenvalue weighted by Crippen LogP contribution is 2.18. The quantitative estimate of drug-likeness (QED) is 0.649. The molecule has 0 unspecified atom stereocenters. The molecule has 0 fully saturated rings. The number of fused-ring (bicyclic) bond motifs is 1. The fraction of sp³-hybridized carbons (Fsp3) is 0.263. The van der Waals surface area contributed by atoms with E-state index < -0.39 is 0 Å². The summed E-state index contributed by atoms with van der Waals surface area (Å²) in [5.74, 6) is 0.230. The number of nitrogens with zero attached hydrogens (tertiary/aromatic N) is 2. The van der Waals surface area contributed by atoms with Crippen molar-refractivity contribution in [3.8, 4) is 5.69 Å². The van der Waals surface area contributed by atoms with E-state index in [1.54, 1.807) is 41.8 Å². The maximum absolute atomic E-state index is 13.7. The average Bonchev–Trinajstić information content (AvgIpc) is 2.59. The molecule has 3 nitrogen and oxygen atoms in total. The van der Waals surface area contributed by atoms with Crippen LogP contribution in [0.1, 0.15) is 32.2 Å². The van der Waals surface area contributed by atoms with Crippen molar-refractivity contribution in [2.75, 3.05) is 0 Å². The highest BCUT2D eigenvalue weighted by atomic mass is 35.5. The second kappa shape index (κ2) is 7.58. The third-order valence-electron chi connectivity index (χ3n) is 3.62. The van der Waals surface area contributed by atoms with Crippen LogP contribution in [0.5, 0.6) is 0 Å². The van der Waals surface area contributed by atoms with Gasteiger partial charge in [0.05, 0.1) is 16.6 Å². The van der Waals surface area contributed by atoms with Crippen molar-refractivity contribution in [3.05, 3.63) is 69.0 Å². The Morgan fingerprint density at radius 2 is 1.79 bits per heavy atom. The summed E-state index contributed by atoms with van der Waals surface area (Å²) in [5, 5.41) is 1.01. The van der Waals surface area contributed by atoms with Gasteiger partial charge in [0.15, 0.2) is 0 Å². The Morgan fingerprint density at radius 1 is 1.17 bits per heavy atom. The van der Waals surface area contributed by atoms with Crippen LogP contribution < -0.4 is 5.56 Å². The third-order valence-corrected chi connectivity index (χ3v) is 3.87. The highest BCUT2D eigenvalue weighted by Gasteiger charge is 2.13. The van der Waals surface area contributed by atoms with Gasteiger partial charge in [0.25, 0.3) is 5.56 Å². The van der Waals surface area contributed by atoms with Gasteiger partial charge in [0.1, 0.15) is 11.6 Å². The lowest BCUT2D eigenvalue weighted by Crippen LogP contribution is -2.23. The van der Waals surface area contributed by atoms with E-state index in [4.69, 9.17) is 11.6 Å². The van der Waals surface area contributed by atoms with Gasteiger partial charge >= 0.3 is 0 Å². The summed E-state index contributed by atoms with van der Waals surface area (Å²) in [6.45, 7) is 7.54. The molecule has 0 amide bonds. The Morgan fingerprint density at radius 3 is 2.38 bits per heavy atom. The van der Waals surface area contributed by atoms with Gasteiger partial charge in [-0.05, 0) is 42.8 Å². The molecule has 0 aliphatic rings. The Balaban J connectivity index is 0.00000100. The minimum absolute atomic E-state index is 0.202. The van der Waals surface area contributed by atoms with E-state index in [1.165, 1.54) is 6.07 Å². The van der Waals surface area contributed by atoms with E-state index in [0.717, 1.165) is 0 Å². The molecule has 24 heavy (non-hydrogen) atoms. The van der Waals surface area contributed by atoms with Crippen molar-refractivity contribution in [2.24, 2.45) is 0 Å². The Kier molecular flexibility index (Phi) is 5.73. The van der Waals surface area contributed by atoms with Crippen molar-refractivity contribution in [2.45, 2.75) is 34.1 Å². The molecule has 1 heterocycles. The largest absolute Gasteiger partial charge is 0.268 e. The molecule has 3 rings (SSSR count). The molecule has 0 saturated carbocycles. The van der Waals surface area contributed by atoms with Gasteiger partial charge in [0, 0.05) is 17.5 Å². The molecule has 3 aromatic rings. The number of aromatic nitrogens is 2. The standard InChI is InChI=1S/C17H14ClFN2O.C2H6/c1-3-16-20-15-9-14(19)10(2)8-13(15)17(22)21(16)12-6-4-11(18)5-7-12;1-2/h4-9H,3H2,1-2H3;1-2H3. The van der Waals surface area contributed by atoms with Crippen LogP contribution in [0, 0.1) is 12.7 Å². The summed E-state index contributed by atoms with van der Waals surface area (Å²) in [7, 11) is 0. The predicted molar refractivity (Wildman–Crippen MR) is 97.8 cm³/mol. The SMILES string of the molecule is CC.CCc1nc2cc(F)c(C)cc2c(=O)n1-c1ccc(Cl)cc1. The van der Waals surface area contributed by atoms with Crippen molar-refractivity contribution < 1.29 is 4.39 Å². The van der Waals surface area contributed by atoms with Gasteiger partial charge < -0.3 is 0 Å². The molecular formula is C19H20ClFN2O. The lowest BCUT2D eigenvalue weighted by molar-refractivity contribution is 0.620. The Labute approximate surface area is 145 Å². The molecule has 0 bridgehead atoms. The number of benzene rings is 2. The molecule has 0 atom stereocenters. The first-order valence-corrected chi connectivity index (χ1v) is 8.36. The summed E-state index contributed by atoms with van der Waals surface area (Å²) in [6, 6.07) is 9.86. The van der Waals surface area contributed by atoms with Gasteiger partial charge in [-0.1, -0.05) is 32.4 Å². The van der Waals surface area contributed by atoms with Crippen LogP contribution in [0.2, 0.25) is 5.02 Å². The van der Waals surface area contributed by atoms with Crippen molar-refractivity contribution in [1.29, 1.82) is 0 Å². The number of halogens is 2. The lowest BCUT2D eigenvalue weighted by Gasteiger charge is -2.13. The molecule has 1 aromatic heterocycles. The van der Waals surface area contributed by atoms with Gasteiger partial charge in [-0.25, -0.2) is 9.37 Å². The summed E-state index contributed by atoms with van der Waals surface area (Å²) in [6.07, 6.45) is 0.559. The van der Waals surface area contributed by atoms with Crippen molar-refractivity contribution >= 4 is 22.5 Å².